The van der Waals surface area contributed by atoms with Crippen LogP contribution in [0.15, 0.2) is 66.9 Å². The lowest BCUT2D eigenvalue weighted by Crippen LogP contribution is -2.36. The first kappa shape index (κ1) is 24.1. The molecule has 1 N–H and O–H groups in total. The lowest BCUT2D eigenvalue weighted by Gasteiger charge is -2.24. The Balaban J connectivity index is 1.69. The SMILES string of the molecule is CCCCN(Cc1cccn1Cc1cccc(C)c1)C(=O)Nc1ccc(C(=O)OCC)cc1. The third-order valence-electron chi connectivity index (χ3n) is 5.43. The highest BCUT2D eigenvalue weighted by molar-refractivity contribution is 5.92. The predicted octanol–water partition coefficient (Wildman–Crippen LogP) is 5.86. The Kier molecular flexibility index (Phi) is 8.70. The second kappa shape index (κ2) is 11.9. The molecular formula is C27H33N3O3. The minimum absolute atomic E-state index is 0.157. The summed E-state index contributed by atoms with van der Waals surface area (Å²) in [6.45, 7) is 8.26. The van der Waals surface area contributed by atoms with Crippen LogP contribution in [-0.2, 0) is 17.8 Å². The number of carbonyl (C=O) groups is 2. The molecule has 0 atom stereocenters. The Morgan fingerprint density at radius 1 is 1.03 bits per heavy atom. The first-order valence-corrected chi connectivity index (χ1v) is 11.5. The molecule has 174 valence electrons. The van der Waals surface area contributed by atoms with Crippen molar-refractivity contribution < 1.29 is 14.3 Å². The molecule has 2 amide bonds. The summed E-state index contributed by atoms with van der Waals surface area (Å²) in [5, 5.41) is 2.96. The van der Waals surface area contributed by atoms with E-state index in [-0.39, 0.29) is 12.0 Å². The van der Waals surface area contributed by atoms with E-state index < -0.39 is 0 Å². The van der Waals surface area contributed by atoms with Crippen molar-refractivity contribution in [1.82, 2.24) is 9.47 Å². The molecule has 6 heteroatoms. The van der Waals surface area contributed by atoms with Gasteiger partial charge in [0.2, 0.25) is 0 Å². The quantitative estimate of drug-likeness (QED) is 0.396. The van der Waals surface area contributed by atoms with Crippen LogP contribution < -0.4 is 5.32 Å². The van der Waals surface area contributed by atoms with Gasteiger partial charge in [-0.15, -0.1) is 0 Å². The number of rotatable bonds is 10. The van der Waals surface area contributed by atoms with Gasteiger partial charge in [0.15, 0.2) is 0 Å². The molecule has 1 aromatic heterocycles. The van der Waals surface area contributed by atoms with E-state index in [9.17, 15) is 9.59 Å². The van der Waals surface area contributed by atoms with Crippen LogP contribution in [0.25, 0.3) is 0 Å². The normalized spacial score (nSPS) is 10.6. The molecule has 3 aromatic rings. The summed E-state index contributed by atoms with van der Waals surface area (Å²) in [5.74, 6) is -0.366. The minimum Gasteiger partial charge on any atom is -0.462 e. The van der Waals surface area contributed by atoms with Crippen molar-refractivity contribution in [1.29, 1.82) is 0 Å². The average molecular weight is 448 g/mol. The van der Waals surface area contributed by atoms with Gasteiger partial charge >= 0.3 is 12.0 Å². The molecular weight excluding hydrogens is 414 g/mol. The Hall–Kier alpha value is -3.54. The van der Waals surface area contributed by atoms with Gasteiger partial charge in [-0.05, 0) is 62.2 Å². The number of ether oxygens (including phenoxy) is 1. The fourth-order valence-electron chi connectivity index (χ4n) is 3.66. The number of benzene rings is 2. The van der Waals surface area contributed by atoms with E-state index >= 15 is 0 Å². The van der Waals surface area contributed by atoms with Crippen molar-refractivity contribution in [2.24, 2.45) is 0 Å². The van der Waals surface area contributed by atoms with Crippen molar-refractivity contribution in [3.63, 3.8) is 0 Å². The van der Waals surface area contributed by atoms with Crippen molar-refractivity contribution in [2.75, 3.05) is 18.5 Å². The number of unbranched alkanes of at least 4 members (excludes halogenated alkanes) is 1. The average Bonchev–Trinajstić information content (AvgIpc) is 3.23. The maximum Gasteiger partial charge on any atom is 0.338 e. The first-order chi connectivity index (χ1) is 16.0. The van der Waals surface area contributed by atoms with Crippen LogP contribution in [0.3, 0.4) is 0 Å². The number of anilines is 1. The van der Waals surface area contributed by atoms with Gasteiger partial charge in [0.05, 0.1) is 18.7 Å². The first-order valence-electron chi connectivity index (χ1n) is 11.5. The molecule has 6 nitrogen and oxygen atoms in total. The third-order valence-corrected chi connectivity index (χ3v) is 5.43. The molecule has 33 heavy (non-hydrogen) atoms. The van der Waals surface area contributed by atoms with Gasteiger partial charge < -0.3 is 19.5 Å². The summed E-state index contributed by atoms with van der Waals surface area (Å²) in [7, 11) is 0. The molecule has 0 saturated heterocycles. The van der Waals surface area contributed by atoms with Crippen LogP contribution in [-0.4, -0.2) is 34.6 Å². The lowest BCUT2D eigenvalue weighted by molar-refractivity contribution is 0.0526. The maximum atomic E-state index is 13.1. The smallest absolute Gasteiger partial charge is 0.338 e. The summed E-state index contributed by atoms with van der Waals surface area (Å²) in [6, 6.07) is 19.2. The molecule has 0 radical (unpaired) electrons. The van der Waals surface area contributed by atoms with Gasteiger partial charge in [0.25, 0.3) is 0 Å². The largest absolute Gasteiger partial charge is 0.462 e. The van der Waals surface area contributed by atoms with E-state index in [0.29, 0.717) is 30.9 Å². The second-order valence-corrected chi connectivity index (χ2v) is 8.12. The van der Waals surface area contributed by atoms with Crippen molar-refractivity contribution in [3.05, 3.63) is 89.2 Å². The molecule has 0 spiro atoms. The number of nitrogens with zero attached hydrogens (tertiary/aromatic N) is 2. The van der Waals surface area contributed by atoms with Crippen LogP contribution in [0.2, 0.25) is 0 Å². The molecule has 0 aliphatic heterocycles. The number of nitrogens with one attached hydrogen (secondary N) is 1. The molecule has 0 fully saturated rings. The highest BCUT2D eigenvalue weighted by Crippen LogP contribution is 2.15. The summed E-state index contributed by atoms with van der Waals surface area (Å²) >= 11 is 0. The van der Waals surface area contributed by atoms with E-state index in [1.165, 1.54) is 11.1 Å². The van der Waals surface area contributed by atoms with Gasteiger partial charge in [0, 0.05) is 30.7 Å². The minimum atomic E-state index is -0.366. The number of amides is 2. The number of hydrogen-bond donors (Lipinski definition) is 1. The van der Waals surface area contributed by atoms with Gasteiger partial charge in [0.1, 0.15) is 0 Å². The molecule has 0 aliphatic carbocycles. The second-order valence-electron chi connectivity index (χ2n) is 8.12. The van der Waals surface area contributed by atoms with Crippen molar-refractivity contribution in [2.45, 2.75) is 46.7 Å². The topological polar surface area (TPSA) is 63.6 Å². The predicted molar refractivity (Wildman–Crippen MR) is 131 cm³/mol. The maximum absolute atomic E-state index is 13.1. The standard InChI is InChI=1S/C27H33N3O3/c1-4-6-16-30(27(32)28-24-14-12-23(13-15-24)26(31)33-5-2)20-25-11-8-17-29(25)19-22-10-7-9-21(3)18-22/h7-15,17-18H,4-6,16,19-20H2,1-3H3,(H,28,32). The summed E-state index contributed by atoms with van der Waals surface area (Å²) in [4.78, 5) is 26.8. The van der Waals surface area contributed by atoms with Crippen molar-refractivity contribution >= 4 is 17.7 Å². The molecule has 2 aromatic carbocycles. The van der Waals surface area contributed by atoms with Crippen LogP contribution in [0, 0.1) is 6.92 Å². The monoisotopic (exact) mass is 447 g/mol. The zero-order valence-corrected chi connectivity index (χ0v) is 19.7. The Morgan fingerprint density at radius 2 is 1.82 bits per heavy atom. The van der Waals surface area contributed by atoms with Crippen LogP contribution in [0.1, 0.15) is 53.9 Å². The van der Waals surface area contributed by atoms with Gasteiger partial charge in [-0.1, -0.05) is 43.2 Å². The van der Waals surface area contributed by atoms with Crippen LogP contribution >= 0.6 is 0 Å². The Bertz CT molecular complexity index is 1060. The molecule has 0 aliphatic rings. The van der Waals surface area contributed by atoms with Crippen LogP contribution in [0.5, 0.6) is 0 Å². The number of hydrogen-bond acceptors (Lipinski definition) is 3. The van der Waals surface area contributed by atoms with E-state index in [2.05, 4.69) is 60.3 Å². The Morgan fingerprint density at radius 3 is 2.52 bits per heavy atom. The number of carbonyl (C=O) groups excluding carboxylic acids is 2. The fourth-order valence-corrected chi connectivity index (χ4v) is 3.66. The van der Waals surface area contributed by atoms with E-state index in [1.54, 1.807) is 31.2 Å². The zero-order valence-electron chi connectivity index (χ0n) is 19.7. The highest BCUT2D eigenvalue weighted by atomic mass is 16.5. The summed E-state index contributed by atoms with van der Waals surface area (Å²) in [6.07, 6.45) is 3.98. The van der Waals surface area contributed by atoms with E-state index in [0.717, 1.165) is 25.1 Å². The van der Waals surface area contributed by atoms with Gasteiger partial charge in [-0.25, -0.2) is 9.59 Å². The third kappa shape index (κ3) is 6.97. The van der Waals surface area contributed by atoms with Gasteiger partial charge in [-0.3, -0.25) is 0 Å². The molecule has 1 heterocycles. The fraction of sp³-hybridized carbons (Fsp3) is 0.333. The molecule has 0 saturated carbocycles. The summed E-state index contributed by atoms with van der Waals surface area (Å²) in [5.41, 5.74) is 4.66. The summed E-state index contributed by atoms with van der Waals surface area (Å²) < 4.78 is 7.20. The van der Waals surface area contributed by atoms with E-state index in [1.807, 2.05) is 11.0 Å². The lowest BCUT2D eigenvalue weighted by atomic mass is 10.1. The number of aromatic nitrogens is 1. The Labute approximate surface area is 196 Å². The zero-order chi connectivity index (χ0) is 23.6. The molecule has 0 unspecified atom stereocenters. The highest BCUT2D eigenvalue weighted by Gasteiger charge is 2.16. The van der Waals surface area contributed by atoms with Gasteiger partial charge in [-0.2, -0.15) is 0 Å². The number of esters is 1. The van der Waals surface area contributed by atoms with E-state index in [4.69, 9.17) is 4.74 Å². The number of urea groups is 1. The molecule has 3 rings (SSSR count). The number of aryl methyl sites for hydroxylation is 1. The van der Waals surface area contributed by atoms with Crippen LogP contribution in [0.4, 0.5) is 10.5 Å². The molecule has 0 bridgehead atoms. The van der Waals surface area contributed by atoms with Crippen molar-refractivity contribution in [3.8, 4) is 0 Å².